The van der Waals surface area contributed by atoms with Crippen LogP contribution < -0.4 is 5.32 Å². The van der Waals surface area contributed by atoms with Gasteiger partial charge in [0.2, 0.25) is 11.7 Å². The van der Waals surface area contributed by atoms with Gasteiger partial charge in [0.05, 0.1) is 19.8 Å². The molecule has 1 aliphatic heterocycles. The van der Waals surface area contributed by atoms with E-state index in [0.29, 0.717) is 37.6 Å². The number of hydrogen-bond acceptors (Lipinski definition) is 6. The molecule has 0 aliphatic carbocycles. The first-order chi connectivity index (χ1) is 9.33. The summed E-state index contributed by atoms with van der Waals surface area (Å²) in [5, 5.41) is 7.43. The summed E-state index contributed by atoms with van der Waals surface area (Å²) in [5.74, 6) is 1.27. The number of rotatable bonds is 7. The van der Waals surface area contributed by atoms with Crippen molar-refractivity contribution in [1.82, 2.24) is 15.5 Å². The van der Waals surface area contributed by atoms with Crippen molar-refractivity contribution in [2.45, 2.75) is 45.3 Å². The molecule has 2 rings (SSSR count). The van der Waals surface area contributed by atoms with Crippen LogP contribution in [0.4, 0.5) is 0 Å². The van der Waals surface area contributed by atoms with Gasteiger partial charge in [-0.25, -0.2) is 0 Å². The van der Waals surface area contributed by atoms with E-state index >= 15 is 0 Å². The lowest BCUT2D eigenvalue weighted by Gasteiger charge is -2.19. The van der Waals surface area contributed by atoms with E-state index in [4.69, 9.17) is 14.0 Å². The van der Waals surface area contributed by atoms with E-state index in [1.54, 1.807) is 0 Å². The molecule has 0 bridgehead atoms. The van der Waals surface area contributed by atoms with E-state index < -0.39 is 0 Å². The molecule has 0 aromatic carbocycles. The Morgan fingerprint density at radius 3 is 2.95 bits per heavy atom. The number of nitrogens with zero attached hydrogens (tertiary/aromatic N) is 2. The average Bonchev–Trinajstić information content (AvgIpc) is 2.89. The van der Waals surface area contributed by atoms with Gasteiger partial charge in [-0.15, -0.1) is 0 Å². The van der Waals surface area contributed by atoms with Gasteiger partial charge in [0.15, 0.2) is 0 Å². The minimum Gasteiger partial charge on any atom is -0.376 e. The normalized spacial score (nSPS) is 21.5. The largest absolute Gasteiger partial charge is 0.376 e. The van der Waals surface area contributed by atoms with Gasteiger partial charge in [-0.2, -0.15) is 4.98 Å². The molecule has 2 unspecified atom stereocenters. The smallest absolute Gasteiger partial charge is 0.228 e. The summed E-state index contributed by atoms with van der Waals surface area (Å²) in [7, 11) is 0. The Morgan fingerprint density at radius 1 is 1.37 bits per heavy atom. The molecule has 0 saturated carbocycles. The van der Waals surface area contributed by atoms with Crippen molar-refractivity contribution in [2.75, 3.05) is 26.4 Å². The molecule has 6 nitrogen and oxygen atoms in total. The second-order valence-corrected chi connectivity index (χ2v) is 4.73. The molecule has 0 amide bonds. The van der Waals surface area contributed by atoms with Crippen LogP contribution in [-0.2, 0) is 15.9 Å². The summed E-state index contributed by atoms with van der Waals surface area (Å²) < 4.78 is 16.2. The highest BCUT2D eigenvalue weighted by Gasteiger charge is 2.23. The quantitative estimate of drug-likeness (QED) is 0.808. The predicted octanol–water partition coefficient (Wildman–Crippen LogP) is 1.48. The fourth-order valence-corrected chi connectivity index (χ4v) is 2.24. The van der Waals surface area contributed by atoms with Gasteiger partial charge in [0, 0.05) is 12.5 Å². The highest BCUT2D eigenvalue weighted by molar-refractivity contribution is 4.94. The van der Waals surface area contributed by atoms with Gasteiger partial charge < -0.3 is 19.3 Å². The van der Waals surface area contributed by atoms with E-state index in [1.807, 2.05) is 0 Å². The molecule has 1 fully saturated rings. The lowest BCUT2D eigenvalue weighted by Crippen LogP contribution is -2.30. The van der Waals surface area contributed by atoms with Crippen LogP contribution >= 0.6 is 0 Å². The predicted molar refractivity (Wildman–Crippen MR) is 69.9 cm³/mol. The molecule has 2 heterocycles. The lowest BCUT2D eigenvalue weighted by molar-refractivity contribution is -0.0941. The molecule has 19 heavy (non-hydrogen) atoms. The van der Waals surface area contributed by atoms with E-state index in [-0.39, 0.29) is 6.10 Å². The summed E-state index contributed by atoms with van der Waals surface area (Å²) in [6.07, 6.45) is 2.82. The zero-order chi connectivity index (χ0) is 13.5. The van der Waals surface area contributed by atoms with Crippen LogP contribution in [0.15, 0.2) is 4.52 Å². The minimum absolute atomic E-state index is 0.185. The maximum absolute atomic E-state index is 5.55. The molecule has 2 atom stereocenters. The van der Waals surface area contributed by atoms with Gasteiger partial charge in [-0.3, -0.25) is 0 Å². The van der Waals surface area contributed by atoms with Crippen LogP contribution in [0, 0.1) is 0 Å². The Hall–Kier alpha value is -0.980. The fourth-order valence-electron chi connectivity index (χ4n) is 2.24. The Kier molecular flexibility index (Phi) is 5.75. The highest BCUT2D eigenvalue weighted by Crippen LogP contribution is 2.18. The monoisotopic (exact) mass is 269 g/mol. The average molecular weight is 269 g/mol. The molecule has 1 aromatic rings. The molecule has 0 radical (unpaired) electrons. The van der Waals surface area contributed by atoms with Crippen molar-refractivity contribution < 1.29 is 14.0 Å². The van der Waals surface area contributed by atoms with Gasteiger partial charge in [-0.05, 0) is 13.0 Å². The SMILES string of the molecule is CCCC(Cc1nc(C2COCCO2)no1)NCC. The highest BCUT2D eigenvalue weighted by atomic mass is 16.6. The van der Waals surface area contributed by atoms with Crippen molar-refractivity contribution in [3.63, 3.8) is 0 Å². The summed E-state index contributed by atoms with van der Waals surface area (Å²) >= 11 is 0. The molecule has 6 heteroatoms. The Labute approximate surface area is 113 Å². The van der Waals surface area contributed by atoms with Crippen LogP contribution in [0.5, 0.6) is 0 Å². The maximum atomic E-state index is 5.55. The summed E-state index contributed by atoms with van der Waals surface area (Å²) in [6.45, 7) is 6.96. The Bertz CT molecular complexity index is 358. The first kappa shape index (κ1) is 14.4. The zero-order valence-corrected chi connectivity index (χ0v) is 11.7. The van der Waals surface area contributed by atoms with E-state index in [9.17, 15) is 0 Å². The number of hydrogen-bond donors (Lipinski definition) is 1. The summed E-state index contributed by atoms with van der Waals surface area (Å²) in [4.78, 5) is 4.42. The topological polar surface area (TPSA) is 69.4 Å². The second kappa shape index (κ2) is 7.57. The molecule has 0 spiro atoms. The minimum atomic E-state index is -0.185. The lowest BCUT2D eigenvalue weighted by atomic mass is 10.1. The van der Waals surface area contributed by atoms with Crippen LogP contribution in [-0.4, -0.2) is 42.5 Å². The number of nitrogens with one attached hydrogen (secondary N) is 1. The van der Waals surface area contributed by atoms with Gasteiger partial charge in [0.1, 0.15) is 6.10 Å². The molecule has 1 N–H and O–H groups in total. The molecule has 1 aliphatic rings. The van der Waals surface area contributed by atoms with Crippen molar-refractivity contribution in [3.05, 3.63) is 11.7 Å². The van der Waals surface area contributed by atoms with Crippen LogP contribution in [0.1, 0.15) is 44.5 Å². The number of ether oxygens (including phenoxy) is 2. The summed E-state index contributed by atoms with van der Waals surface area (Å²) in [6, 6.07) is 0.395. The third kappa shape index (κ3) is 4.26. The fraction of sp³-hybridized carbons (Fsp3) is 0.846. The van der Waals surface area contributed by atoms with Gasteiger partial charge in [-0.1, -0.05) is 25.4 Å². The molecule has 108 valence electrons. The third-order valence-electron chi connectivity index (χ3n) is 3.14. The van der Waals surface area contributed by atoms with Crippen LogP contribution in [0.2, 0.25) is 0 Å². The Balaban J connectivity index is 1.91. The van der Waals surface area contributed by atoms with Crippen molar-refractivity contribution in [2.24, 2.45) is 0 Å². The number of likely N-dealkylation sites (N-methyl/N-ethyl adjacent to an activating group) is 1. The zero-order valence-electron chi connectivity index (χ0n) is 11.7. The van der Waals surface area contributed by atoms with E-state index in [2.05, 4.69) is 29.3 Å². The Morgan fingerprint density at radius 2 is 2.26 bits per heavy atom. The molecule has 1 aromatic heterocycles. The third-order valence-corrected chi connectivity index (χ3v) is 3.14. The van der Waals surface area contributed by atoms with Gasteiger partial charge >= 0.3 is 0 Å². The van der Waals surface area contributed by atoms with Crippen molar-refractivity contribution in [3.8, 4) is 0 Å². The standard InChI is InChI=1S/C13H23N3O3/c1-3-5-10(14-4-2)8-12-15-13(16-19-12)11-9-17-6-7-18-11/h10-11,14H,3-9H2,1-2H3. The van der Waals surface area contributed by atoms with Crippen molar-refractivity contribution in [1.29, 1.82) is 0 Å². The van der Waals surface area contributed by atoms with Crippen LogP contribution in [0.25, 0.3) is 0 Å². The van der Waals surface area contributed by atoms with Gasteiger partial charge in [0.25, 0.3) is 0 Å². The first-order valence-corrected chi connectivity index (χ1v) is 7.08. The molecular formula is C13H23N3O3. The number of aromatic nitrogens is 2. The summed E-state index contributed by atoms with van der Waals surface area (Å²) in [5.41, 5.74) is 0. The first-order valence-electron chi connectivity index (χ1n) is 7.08. The van der Waals surface area contributed by atoms with Crippen LogP contribution in [0.3, 0.4) is 0 Å². The molecule has 1 saturated heterocycles. The van der Waals surface area contributed by atoms with E-state index in [0.717, 1.165) is 25.8 Å². The van der Waals surface area contributed by atoms with E-state index in [1.165, 1.54) is 0 Å². The molecular weight excluding hydrogens is 246 g/mol. The maximum Gasteiger partial charge on any atom is 0.228 e. The van der Waals surface area contributed by atoms with Crippen molar-refractivity contribution >= 4 is 0 Å². The second-order valence-electron chi connectivity index (χ2n) is 4.73.